The number of ether oxygens (including phenoxy) is 1. The molecule has 1 heterocycles. The topological polar surface area (TPSA) is 39.4 Å². The molecule has 1 aromatic carbocycles. The van der Waals surface area contributed by atoms with E-state index < -0.39 is 0 Å². The number of aromatic nitrogens is 2. The van der Waals surface area contributed by atoms with Crippen molar-refractivity contribution in [1.82, 2.24) is 9.55 Å². The van der Waals surface area contributed by atoms with E-state index in [9.17, 15) is 0 Å². The lowest BCUT2D eigenvalue weighted by Crippen LogP contribution is -1.86. The second kappa shape index (κ2) is 4.82. The standard InChI is InChI=1S/C13H15N3O/c1-10-15-11(9-16(10)2)8-14-12-6-4-5-7-13(12)17-3/h4-9H,1-3H3/b14-8+. The number of hydrogen-bond acceptors (Lipinski definition) is 3. The van der Waals surface area contributed by atoms with Crippen molar-refractivity contribution in [2.75, 3.05) is 7.11 Å². The van der Waals surface area contributed by atoms with Crippen molar-refractivity contribution < 1.29 is 4.74 Å². The first-order valence-electron chi connectivity index (χ1n) is 5.38. The van der Waals surface area contributed by atoms with E-state index in [1.165, 1.54) is 0 Å². The molecule has 0 aliphatic rings. The molecule has 0 saturated heterocycles. The first kappa shape index (κ1) is 11.4. The lowest BCUT2D eigenvalue weighted by Gasteiger charge is -2.01. The molecule has 0 saturated carbocycles. The maximum atomic E-state index is 5.22. The van der Waals surface area contributed by atoms with Crippen molar-refractivity contribution in [2.24, 2.45) is 12.0 Å². The van der Waals surface area contributed by atoms with Gasteiger partial charge in [-0.2, -0.15) is 0 Å². The van der Waals surface area contributed by atoms with Crippen LogP contribution in [-0.4, -0.2) is 22.9 Å². The summed E-state index contributed by atoms with van der Waals surface area (Å²) in [4.78, 5) is 8.73. The molecule has 0 radical (unpaired) electrons. The Balaban J connectivity index is 2.25. The van der Waals surface area contributed by atoms with Crippen LogP contribution in [0.15, 0.2) is 35.5 Å². The molecule has 17 heavy (non-hydrogen) atoms. The zero-order valence-corrected chi connectivity index (χ0v) is 10.2. The van der Waals surface area contributed by atoms with E-state index in [4.69, 9.17) is 4.74 Å². The van der Waals surface area contributed by atoms with E-state index in [1.807, 2.05) is 49.0 Å². The first-order valence-corrected chi connectivity index (χ1v) is 5.38. The molecule has 0 amide bonds. The fourth-order valence-corrected chi connectivity index (χ4v) is 1.52. The van der Waals surface area contributed by atoms with Crippen LogP contribution in [0.2, 0.25) is 0 Å². The van der Waals surface area contributed by atoms with Gasteiger partial charge in [0.1, 0.15) is 17.3 Å². The highest BCUT2D eigenvalue weighted by molar-refractivity contribution is 5.80. The zero-order valence-electron chi connectivity index (χ0n) is 10.2. The van der Waals surface area contributed by atoms with Crippen LogP contribution in [0.4, 0.5) is 5.69 Å². The number of rotatable bonds is 3. The summed E-state index contributed by atoms with van der Waals surface area (Å²) >= 11 is 0. The predicted molar refractivity (Wildman–Crippen MR) is 68.2 cm³/mol. The molecule has 2 aromatic rings. The van der Waals surface area contributed by atoms with Gasteiger partial charge in [-0.05, 0) is 19.1 Å². The largest absolute Gasteiger partial charge is 0.494 e. The molecule has 4 heteroatoms. The van der Waals surface area contributed by atoms with Crippen molar-refractivity contribution in [2.45, 2.75) is 6.92 Å². The molecule has 1 aromatic heterocycles. The Bertz CT molecular complexity index is 524. The highest BCUT2D eigenvalue weighted by Gasteiger charge is 2.00. The summed E-state index contributed by atoms with van der Waals surface area (Å²) in [5, 5.41) is 0. The number of benzene rings is 1. The van der Waals surface area contributed by atoms with Crippen LogP contribution >= 0.6 is 0 Å². The molecule has 0 aliphatic carbocycles. The molecule has 88 valence electrons. The average molecular weight is 229 g/mol. The number of imidazole rings is 1. The molecule has 4 nitrogen and oxygen atoms in total. The Morgan fingerprint density at radius 2 is 2.12 bits per heavy atom. The van der Waals surface area contributed by atoms with Crippen LogP contribution in [-0.2, 0) is 7.05 Å². The Hall–Kier alpha value is -2.10. The first-order chi connectivity index (χ1) is 8.20. The summed E-state index contributed by atoms with van der Waals surface area (Å²) in [6.07, 6.45) is 3.68. The zero-order chi connectivity index (χ0) is 12.3. The quantitative estimate of drug-likeness (QED) is 0.758. The monoisotopic (exact) mass is 229 g/mol. The van der Waals surface area contributed by atoms with Crippen molar-refractivity contribution in [3.63, 3.8) is 0 Å². The van der Waals surface area contributed by atoms with Gasteiger partial charge < -0.3 is 9.30 Å². The number of aliphatic imine (C=N–C) groups is 1. The second-order valence-electron chi connectivity index (χ2n) is 3.75. The average Bonchev–Trinajstić information content (AvgIpc) is 2.66. The van der Waals surface area contributed by atoms with E-state index in [-0.39, 0.29) is 0 Å². The molecule has 0 aliphatic heterocycles. The SMILES string of the molecule is COc1ccccc1/N=C/c1cn(C)c(C)n1. The van der Waals surface area contributed by atoms with Gasteiger partial charge in [0.2, 0.25) is 0 Å². The summed E-state index contributed by atoms with van der Waals surface area (Å²) in [6.45, 7) is 1.96. The molecular weight excluding hydrogens is 214 g/mol. The minimum absolute atomic E-state index is 0.761. The van der Waals surface area contributed by atoms with Gasteiger partial charge in [0.05, 0.1) is 19.0 Å². The molecule has 0 atom stereocenters. The molecule has 0 bridgehead atoms. The normalized spacial score (nSPS) is 11.0. The third-order valence-electron chi connectivity index (χ3n) is 2.55. The number of nitrogens with zero attached hydrogens (tertiary/aromatic N) is 3. The summed E-state index contributed by atoms with van der Waals surface area (Å²) in [6, 6.07) is 7.64. The van der Waals surface area contributed by atoms with E-state index in [1.54, 1.807) is 13.3 Å². The third-order valence-corrected chi connectivity index (χ3v) is 2.55. The van der Waals surface area contributed by atoms with Crippen LogP contribution in [0.3, 0.4) is 0 Å². The van der Waals surface area contributed by atoms with Crippen molar-refractivity contribution in [3.8, 4) is 5.75 Å². The molecular formula is C13H15N3O. The number of aryl methyl sites for hydroxylation is 2. The van der Waals surface area contributed by atoms with Gasteiger partial charge >= 0.3 is 0 Å². The van der Waals surface area contributed by atoms with Crippen LogP contribution in [0.5, 0.6) is 5.75 Å². The van der Waals surface area contributed by atoms with Gasteiger partial charge in [-0.15, -0.1) is 0 Å². The lowest BCUT2D eigenvalue weighted by molar-refractivity contribution is 0.416. The van der Waals surface area contributed by atoms with E-state index in [0.717, 1.165) is 23.0 Å². The van der Waals surface area contributed by atoms with Gasteiger partial charge in [-0.1, -0.05) is 12.1 Å². The highest BCUT2D eigenvalue weighted by atomic mass is 16.5. The fourth-order valence-electron chi connectivity index (χ4n) is 1.52. The maximum absolute atomic E-state index is 5.22. The molecule has 2 rings (SSSR count). The van der Waals surface area contributed by atoms with Crippen molar-refractivity contribution >= 4 is 11.9 Å². The molecule has 0 unspecified atom stereocenters. The van der Waals surface area contributed by atoms with Gasteiger partial charge in [-0.25, -0.2) is 4.98 Å². The van der Waals surface area contributed by atoms with Crippen molar-refractivity contribution in [3.05, 3.63) is 42.0 Å². The van der Waals surface area contributed by atoms with Gasteiger partial charge in [0.25, 0.3) is 0 Å². The van der Waals surface area contributed by atoms with E-state index in [0.29, 0.717) is 0 Å². The Labute approximate surface area is 101 Å². The minimum Gasteiger partial charge on any atom is -0.494 e. The lowest BCUT2D eigenvalue weighted by atomic mass is 10.3. The summed E-state index contributed by atoms with van der Waals surface area (Å²) in [5.41, 5.74) is 1.65. The number of methoxy groups -OCH3 is 1. The van der Waals surface area contributed by atoms with Crippen LogP contribution in [0.25, 0.3) is 0 Å². The van der Waals surface area contributed by atoms with Crippen LogP contribution in [0, 0.1) is 6.92 Å². The van der Waals surface area contributed by atoms with Gasteiger partial charge in [0, 0.05) is 13.2 Å². The summed E-state index contributed by atoms with van der Waals surface area (Å²) in [5.74, 6) is 1.72. The number of hydrogen-bond donors (Lipinski definition) is 0. The third kappa shape index (κ3) is 2.53. The fraction of sp³-hybridized carbons (Fsp3) is 0.231. The smallest absolute Gasteiger partial charge is 0.144 e. The minimum atomic E-state index is 0.761. The summed E-state index contributed by atoms with van der Waals surface area (Å²) < 4.78 is 7.19. The molecule has 0 spiro atoms. The number of para-hydroxylation sites is 2. The predicted octanol–water partition coefficient (Wildman–Crippen LogP) is 2.49. The molecule has 0 fully saturated rings. The Morgan fingerprint density at radius 3 is 2.76 bits per heavy atom. The van der Waals surface area contributed by atoms with E-state index in [2.05, 4.69) is 9.98 Å². The summed E-state index contributed by atoms with van der Waals surface area (Å²) in [7, 11) is 3.60. The van der Waals surface area contributed by atoms with Crippen LogP contribution < -0.4 is 4.74 Å². The second-order valence-corrected chi connectivity index (χ2v) is 3.75. The van der Waals surface area contributed by atoms with Gasteiger partial charge in [-0.3, -0.25) is 4.99 Å². The maximum Gasteiger partial charge on any atom is 0.144 e. The Morgan fingerprint density at radius 1 is 1.35 bits per heavy atom. The Kier molecular flexibility index (Phi) is 3.23. The van der Waals surface area contributed by atoms with Crippen LogP contribution in [0.1, 0.15) is 11.5 Å². The molecule has 0 N–H and O–H groups in total. The van der Waals surface area contributed by atoms with E-state index >= 15 is 0 Å². The van der Waals surface area contributed by atoms with Gasteiger partial charge in [0.15, 0.2) is 0 Å². The van der Waals surface area contributed by atoms with Crippen molar-refractivity contribution in [1.29, 1.82) is 0 Å². The highest BCUT2D eigenvalue weighted by Crippen LogP contribution is 2.25.